The van der Waals surface area contributed by atoms with E-state index in [4.69, 9.17) is 15.6 Å². The number of anilines is 1. The summed E-state index contributed by atoms with van der Waals surface area (Å²) in [6.45, 7) is 5.27. The zero-order chi connectivity index (χ0) is 18.6. The van der Waals surface area contributed by atoms with Crippen molar-refractivity contribution in [1.82, 2.24) is 5.32 Å². The topological polar surface area (TPSA) is 102 Å². The number of rotatable bonds is 5. The van der Waals surface area contributed by atoms with Gasteiger partial charge in [-0.3, -0.25) is 4.79 Å². The maximum absolute atomic E-state index is 12.0. The van der Waals surface area contributed by atoms with Gasteiger partial charge in [0.1, 0.15) is 5.60 Å². The number of aliphatic carboxylic acids is 1. The van der Waals surface area contributed by atoms with E-state index < -0.39 is 23.7 Å². The molecule has 0 saturated carbocycles. The fraction of sp³-hybridized carbons (Fsp3) is 0.368. The molecule has 6 nitrogen and oxygen atoms in total. The molecule has 134 valence electrons. The molecule has 4 N–H and O–H groups in total. The number of ether oxygens (including phenoxy) is 1. The van der Waals surface area contributed by atoms with Gasteiger partial charge in [0.25, 0.3) is 0 Å². The lowest BCUT2D eigenvalue weighted by Crippen LogP contribution is -2.41. The van der Waals surface area contributed by atoms with Crippen LogP contribution in [-0.4, -0.2) is 28.8 Å². The second kappa shape index (κ2) is 7.42. The van der Waals surface area contributed by atoms with Crippen LogP contribution in [-0.2, 0) is 16.0 Å². The van der Waals surface area contributed by atoms with Crippen molar-refractivity contribution in [3.8, 4) is 0 Å². The first-order chi connectivity index (χ1) is 11.7. The molecule has 0 radical (unpaired) electrons. The highest BCUT2D eigenvalue weighted by Gasteiger charge is 2.22. The van der Waals surface area contributed by atoms with Gasteiger partial charge in [-0.2, -0.15) is 0 Å². The molecule has 2 aromatic rings. The summed E-state index contributed by atoms with van der Waals surface area (Å²) in [6.07, 6.45) is -0.455. The van der Waals surface area contributed by atoms with Gasteiger partial charge >= 0.3 is 12.1 Å². The Bertz CT molecular complexity index is 781. The first kappa shape index (κ1) is 18.6. The molecule has 0 unspecified atom stereocenters. The molecule has 0 heterocycles. The van der Waals surface area contributed by atoms with Gasteiger partial charge in [0.15, 0.2) is 0 Å². The lowest BCUT2D eigenvalue weighted by atomic mass is 9.96. The van der Waals surface area contributed by atoms with Crippen LogP contribution in [0.3, 0.4) is 0 Å². The summed E-state index contributed by atoms with van der Waals surface area (Å²) in [5.41, 5.74) is 6.94. The van der Waals surface area contributed by atoms with Crippen molar-refractivity contribution in [2.24, 2.45) is 0 Å². The van der Waals surface area contributed by atoms with Crippen LogP contribution in [0.2, 0.25) is 0 Å². The van der Waals surface area contributed by atoms with E-state index in [1.807, 2.05) is 30.3 Å². The van der Waals surface area contributed by atoms with Gasteiger partial charge in [0.05, 0.1) is 6.42 Å². The predicted molar refractivity (Wildman–Crippen MR) is 97.5 cm³/mol. The van der Waals surface area contributed by atoms with Crippen LogP contribution in [0.5, 0.6) is 0 Å². The number of alkyl carbamates (subject to hydrolysis) is 1. The highest BCUT2D eigenvalue weighted by Crippen LogP contribution is 2.25. The Kier molecular flexibility index (Phi) is 5.51. The second-order valence-electron chi connectivity index (χ2n) is 7.00. The first-order valence-corrected chi connectivity index (χ1v) is 8.13. The predicted octanol–water partition coefficient (Wildman–Crippen LogP) is 3.33. The number of nitrogen functional groups attached to an aromatic ring is 1. The number of carbonyl (C=O) groups excluding carboxylic acids is 1. The molecule has 1 amide bonds. The van der Waals surface area contributed by atoms with Crippen LogP contribution >= 0.6 is 0 Å². The lowest BCUT2D eigenvalue weighted by Gasteiger charge is -2.23. The Hall–Kier alpha value is -2.76. The number of nitrogens with one attached hydrogen (secondary N) is 1. The van der Waals surface area contributed by atoms with Gasteiger partial charge in [-0.05, 0) is 44.2 Å². The minimum Gasteiger partial charge on any atom is -0.481 e. The number of nitrogens with two attached hydrogens (primary N) is 1. The highest BCUT2D eigenvalue weighted by atomic mass is 16.6. The number of hydrogen-bond acceptors (Lipinski definition) is 4. The van der Waals surface area contributed by atoms with Crippen LogP contribution in [0, 0.1) is 0 Å². The Morgan fingerprint density at radius 1 is 1.16 bits per heavy atom. The SMILES string of the molecule is CC(C)(C)OC(=O)N[C@H](CC(=O)O)Cc1ccc(N)c2ccccc12. The summed E-state index contributed by atoms with van der Waals surface area (Å²) in [6, 6.07) is 10.7. The van der Waals surface area contributed by atoms with Crippen LogP contribution in [0.4, 0.5) is 10.5 Å². The molecule has 1 atom stereocenters. The van der Waals surface area contributed by atoms with Crippen molar-refractivity contribution in [2.75, 3.05) is 5.73 Å². The van der Waals surface area contributed by atoms with Gasteiger partial charge in [-0.25, -0.2) is 4.79 Å². The normalized spacial score (nSPS) is 12.6. The Morgan fingerprint density at radius 2 is 1.80 bits per heavy atom. The molecule has 6 heteroatoms. The summed E-state index contributed by atoms with van der Waals surface area (Å²) in [5, 5.41) is 13.7. The number of benzene rings is 2. The maximum Gasteiger partial charge on any atom is 0.407 e. The Balaban J connectivity index is 2.24. The Labute approximate surface area is 147 Å². The van der Waals surface area contributed by atoms with Gasteiger partial charge < -0.3 is 20.9 Å². The molecule has 0 fully saturated rings. The number of amides is 1. The van der Waals surface area contributed by atoms with Crippen molar-refractivity contribution >= 4 is 28.5 Å². The van der Waals surface area contributed by atoms with Crippen LogP contribution in [0.1, 0.15) is 32.8 Å². The molecule has 0 saturated heterocycles. The summed E-state index contributed by atoms with van der Waals surface area (Å²) >= 11 is 0. The second-order valence-corrected chi connectivity index (χ2v) is 7.00. The quantitative estimate of drug-likeness (QED) is 0.722. The Morgan fingerprint density at radius 3 is 2.40 bits per heavy atom. The third-order valence-electron chi connectivity index (χ3n) is 3.66. The van der Waals surface area contributed by atoms with E-state index in [-0.39, 0.29) is 6.42 Å². The van der Waals surface area contributed by atoms with E-state index in [1.54, 1.807) is 26.8 Å². The lowest BCUT2D eigenvalue weighted by molar-refractivity contribution is -0.137. The monoisotopic (exact) mass is 344 g/mol. The molecule has 0 aromatic heterocycles. The molecule has 25 heavy (non-hydrogen) atoms. The molecule has 0 aliphatic carbocycles. The van der Waals surface area contributed by atoms with Gasteiger partial charge in [-0.15, -0.1) is 0 Å². The third-order valence-corrected chi connectivity index (χ3v) is 3.66. The average Bonchev–Trinajstić information content (AvgIpc) is 2.47. The summed E-state index contributed by atoms with van der Waals surface area (Å²) in [4.78, 5) is 23.2. The standard InChI is InChI=1S/C19H24N2O4/c1-19(2,3)25-18(24)21-13(11-17(22)23)10-12-8-9-16(20)15-7-5-4-6-14(12)15/h4-9,13H,10-11,20H2,1-3H3,(H,21,24)(H,22,23)/t13-/m0/s1. The highest BCUT2D eigenvalue weighted by molar-refractivity contribution is 5.95. The smallest absolute Gasteiger partial charge is 0.407 e. The molecule has 0 spiro atoms. The van der Waals surface area contributed by atoms with Gasteiger partial charge in [0, 0.05) is 17.1 Å². The third kappa shape index (κ3) is 5.38. The molecule has 0 bridgehead atoms. The first-order valence-electron chi connectivity index (χ1n) is 8.13. The summed E-state index contributed by atoms with van der Waals surface area (Å²) in [5.74, 6) is -0.985. The van der Waals surface area contributed by atoms with E-state index in [9.17, 15) is 9.59 Å². The number of fused-ring (bicyclic) bond motifs is 1. The van der Waals surface area contributed by atoms with Crippen LogP contribution < -0.4 is 11.1 Å². The number of carbonyl (C=O) groups is 2. The van der Waals surface area contributed by atoms with Crippen molar-refractivity contribution in [3.05, 3.63) is 42.0 Å². The number of carboxylic acids is 1. The van der Waals surface area contributed by atoms with Crippen LogP contribution in [0.15, 0.2) is 36.4 Å². The number of carboxylic acid groups (broad SMARTS) is 1. The van der Waals surface area contributed by atoms with E-state index in [0.717, 1.165) is 16.3 Å². The van der Waals surface area contributed by atoms with Crippen molar-refractivity contribution in [1.29, 1.82) is 0 Å². The minimum absolute atomic E-state index is 0.196. The average molecular weight is 344 g/mol. The largest absolute Gasteiger partial charge is 0.481 e. The van der Waals surface area contributed by atoms with Crippen molar-refractivity contribution < 1.29 is 19.4 Å². The summed E-state index contributed by atoms with van der Waals surface area (Å²) in [7, 11) is 0. The fourth-order valence-corrected chi connectivity index (χ4v) is 2.69. The minimum atomic E-state index is -0.985. The maximum atomic E-state index is 12.0. The van der Waals surface area contributed by atoms with Crippen molar-refractivity contribution in [2.45, 2.75) is 45.3 Å². The zero-order valence-electron chi connectivity index (χ0n) is 14.7. The van der Waals surface area contributed by atoms with E-state index in [0.29, 0.717) is 12.1 Å². The van der Waals surface area contributed by atoms with E-state index in [2.05, 4.69) is 5.32 Å². The zero-order valence-corrected chi connectivity index (χ0v) is 14.7. The molecular weight excluding hydrogens is 320 g/mol. The molecule has 2 aromatic carbocycles. The summed E-state index contributed by atoms with van der Waals surface area (Å²) < 4.78 is 5.23. The van der Waals surface area contributed by atoms with Gasteiger partial charge in [-0.1, -0.05) is 30.3 Å². The molecular formula is C19H24N2O4. The molecule has 2 rings (SSSR count). The van der Waals surface area contributed by atoms with E-state index in [1.165, 1.54) is 0 Å². The van der Waals surface area contributed by atoms with Crippen LogP contribution in [0.25, 0.3) is 10.8 Å². The van der Waals surface area contributed by atoms with E-state index >= 15 is 0 Å². The fourth-order valence-electron chi connectivity index (χ4n) is 2.69. The number of hydrogen-bond donors (Lipinski definition) is 3. The van der Waals surface area contributed by atoms with Gasteiger partial charge in [0.2, 0.25) is 0 Å². The molecule has 0 aliphatic rings. The van der Waals surface area contributed by atoms with Crippen molar-refractivity contribution in [3.63, 3.8) is 0 Å². The molecule has 0 aliphatic heterocycles.